The fraction of sp³-hybridized carbons (Fsp3) is 0.231. The number of hydrazone groups is 1. The number of carbonyl (C=O) groups is 1. The minimum absolute atomic E-state index is 0.0997. The number of furan rings is 1. The number of hydrogen-bond donors (Lipinski definition) is 0. The SMILES string of the molecule is CCn1c(SCC(=O)N2N=C(c3ccc(C)cc3)CC2c2ccco2)nc2ccccc2c1=O. The topological polar surface area (TPSA) is 80.7 Å². The molecule has 1 aliphatic rings. The van der Waals surface area contributed by atoms with E-state index in [1.807, 2.05) is 68.4 Å². The van der Waals surface area contributed by atoms with Crippen LogP contribution < -0.4 is 5.56 Å². The Bertz CT molecular complexity index is 1420. The molecular weight excluding hydrogens is 448 g/mol. The van der Waals surface area contributed by atoms with Gasteiger partial charge in [0, 0.05) is 13.0 Å². The first kappa shape index (κ1) is 22.2. The van der Waals surface area contributed by atoms with E-state index in [2.05, 4.69) is 10.1 Å². The standard InChI is InChI=1S/C26H24N4O3S/c1-3-29-25(32)19-7-4-5-8-20(19)27-26(29)34-16-24(31)30-22(23-9-6-14-33-23)15-21(28-30)18-12-10-17(2)11-13-18/h4-14,22H,3,15-16H2,1-2H3. The van der Waals surface area contributed by atoms with E-state index in [1.54, 1.807) is 16.9 Å². The molecule has 1 atom stereocenters. The zero-order valence-corrected chi connectivity index (χ0v) is 19.8. The molecule has 3 heterocycles. The molecular formula is C26H24N4O3S. The highest BCUT2D eigenvalue weighted by Crippen LogP contribution is 2.34. The van der Waals surface area contributed by atoms with Gasteiger partial charge in [-0.05, 0) is 43.7 Å². The van der Waals surface area contributed by atoms with Crippen LogP contribution in [0.25, 0.3) is 10.9 Å². The Labute approximate surface area is 201 Å². The molecule has 0 N–H and O–H groups in total. The molecule has 0 fully saturated rings. The van der Waals surface area contributed by atoms with Crippen LogP contribution in [-0.2, 0) is 11.3 Å². The highest BCUT2D eigenvalue weighted by Gasteiger charge is 2.35. The lowest BCUT2D eigenvalue weighted by atomic mass is 10.0. The van der Waals surface area contributed by atoms with Crippen molar-refractivity contribution in [3.63, 3.8) is 0 Å². The van der Waals surface area contributed by atoms with Gasteiger partial charge in [0.25, 0.3) is 11.5 Å². The van der Waals surface area contributed by atoms with Crippen LogP contribution >= 0.6 is 11.8 Å². The normalized spacial score (nSPS) is 15.6. The fourth-order valence-corrected chi connectivity index (χ4v) is 5.01. The number of hydrogen-bond acceptors (Lipinski definition) is 6. The Morgan fingerprint density at radius 3 is 2.65 bits per heavy atom. The molecule has 7 nitrogen and oxygen atoms in total. The van der Waals surface area contributed by atoms with E-state index in [0.29, 0.717) is 34.8 Å². The van der Waals surface area contributed by atoms with E-state index in [9.17, 15) is 9.59 Å². The van der Waals surface area contributed by atoms with E-state index in [-0.39, 0.29) is 23.3 Å². The van der Waals surface area contributed by atoms with E-state index in [4.69, 9.17) is 4.42 Å². The van der Waals surface area contributed by atoms with Crippen LogP contribution in [0.1, 0.15) is 36.3 Å². The van der Waals surface area contributed by atoms with Gasteiger partial charge in [-0.3, -0.25) is 14.2 Å². The number of thioether (sulfide) groups is 1. The van der Waals surface area contributed by atoms with Crippen molar-refractivity contribution in [2.45, 2.75) is 38.0 Å². The average Bonchev–Trinajstić information content (AvgIpc) is 3.53. The molecule has 0 saturated heterocycles. The molecule has 4 aromatic rings. The third-order valence-corrected chi connectivity index (χ3v) is 6.85. The third kappa shape index (κ3) is 4.17. The molecule has 0 saturated carbocycles. The van der Waals surface area contributed by atoms with Crippen molar-refractivity contribution in [2.75, 3.05) is 5.75 Å². The lowest BCUT2D eigenvalue weighted by Gasteiger charge is -2.20. The maximum absolute atomic E-state index is 13.3. The monoisotopic (exact) mass is 472 g/mol. The molecule has 1 aliphatic heterocycles. The van der Waals surface area contributed by atoms with E-state index < -0.39 is 0 Å². The zero-order valence-electron chi connectivity index (χ0n) is 19.0. The number of fused-ring (bicyclic) bond motifs is 1. The molecule has 1 amide bonds. The Balaban J connectivity index is 1.42. The molecule has 2 aromatic heterocycles. The van der Waals surface area contributed by atoms with Gasteiger partial charge >= 0.3 is 0 Å². The number of rotatable bonds is 6. The summed E-state index contributed by atoms with van der Waals surface area (Å²) in [5.41, 5.74) is 3.52. The van der Waals surface area contributed by atoms with Gasteiger partial charge in [0.05, 0.1) is 28.6 Å². The van der Waals surface area contributed by atoms with Crippen molar-refractivity contribution in [1.29, 1.82) is 0 Å². The maximum Gasteiger partial charge on any atom is 0.262 e. The predicted molar refractivity (Wildman–Crippen MR) is 133 cm³/mol. The number of benzene rings is 2. The summed E-state index contributed by atoms with van der Waals surface area (Å²) in [4.78, 5) is 30.9. The van der Waals surface area contributed by atoms with Crippen LogP contribution in [0.15, 0.2) is 86.4 Å². The highest BCUT2D eigenvalue weighted by molar-refractivity contribution is 7.99. The summed E-state index contributed by atoms with van der Waals surface area (Å²) >= 11 is 1.25. The van der Waals surface area contributed by atoms with Gasteiger partial charge in [-0.15, -0.1) is 0 Å². The Morgan fingerprint density at radius 2 is 1.91 bits per heavy atom. The van der Waals surface area contributed by atoms with E-state index in [0.717, 1.165) is 11.3 Å². The van der Waals surface area contributed by atoms with Gasteiger partial charge in [-0.1, -0.05) is 53.7 Å². The number of amides is 1. The first-order valence-electron chi connectivity index (χ1n) is 11.2. The van der Waals surface area contributed by atoms with Gasteiger partial charge in [0.1, 0.15) is 11.8 Å². The summed E-state index contributed by atoms with van der Waals surface area (Å²) in [5.74, 6) is 0.629. The predicted octanol–water partition coefficient (Wildman–Crippen LogP) is 4.79. The number of nitrogens with zero attached hydrogens (tertiary/aromatic N) is 4. The summed E-state index contributed by atoms with van der Waals surface area (Å²) in [5, 5.41) is 7.29. The van der Waals surface area contributed by atoms with Gasteiger partial charge < -0.3 is 4.42 Å². The van der Waals surface area contributed by atoms with Crippen LogP contribution in [0.4, 0.5) is 0 Å². The van der Waals surface area contributed by atoms with Crippen LogP contribution in [-0.4, -0.2) is 31.9 Å². The van der Waals surface area contributed by atoms with Crippen molar-refractivity contribution >= 4 is 34.3 Å². The van der Waals surface area contributed by atoms with E-state index >= 15 is 0 Å². The number of aryl methyl sites for hydroxylation is 1. The number of para-hydroxylation sites is 1. The van der Waals surface area contributed by atoms with Gasteiger partial charge in [0.2, 0.25) is 0 Å². The molecule has 34 heavy (non-hydrogen) atoms. The van der Waals surface area contributed by atoms with Gasteiger partial charge in [-0.2, -0.15) is 5.10 Å². The molecule has 2 aromatic carbocycles. The molecule has 0 aliphatic carbocycles. The van der Waals surface area contributed by atoms with E-state index in [1.165, 1.54) is 22.3 Å². The first-order valence-corrected chi connectivity index (χ1v) is 12.2. The summed E-state index contributed by atoms with van der Waals surface area (Å²) in [6.45, 7) is 4.41. The second-order valence-corrected chi connectivity index (χ2v) is 9.08. The quantitative estimate of drug-likeness (QED) is 0.298. The number of carbonyl (C=O) groups excluding carboxylic acids is 1. The maximum atomic E-state index is 13.3. The van der Waals surface area contributed by atoms with Crippen molar-refractivity contribution in [1.82, 2.24) is 14.6 Å². The summed E-state index contributed by atoms with van der Waals surface area (Å²) < 4.78 is 7.24. The molecule has 0 bridgehead atoms. The smallest absolute Gasteiger partial charge is 0.262 e. The van der Waals surface area contributed by atoms with Crippen LogP contribution in [0.2, 0.25) is 0 Å². The second-order valence-electron chi connectivity index (χ2n) is 8.14. The molecule has 172 valence electrons. The zero-order chi connectivity index (χ0) is 23.7. The first-order chi connectivity index (χ1) is 16.5. The van der Waals surface area contributed by atoms with Crippen molar-refractivity contribution in [3.8, 4) is 0 Å². The van der Waals surface area contributed by atoms with Crippen LogP contribution in [0, 0.1) is 6.92 Å². The molecule has 5 rings (SSSR count). The summed E-state index contributed by atoms with van der Waals surface area (Å²) in [7, 11) is 0. The lowest BCUT2D eigenvalue weighted by Crippen LogP contribution is -2.29. The fourth-order valence-electron chi connectivity index (χ4n) is 4.09. The Kier molecular flexibility index (Phi) is 6.06. The van der Waals surface area contributed by atoms with Gasteiger partial charge in [0.15, 0.2) is 5.16 Å². The van der Waals surface area contributed by atoms with Gasteiger partial charge in [-0.25, -0.2) is 9.99 Å². The minimum Gasteiger partial charge on any atom is -0.467 e. The molecule has 8 heteroatoms. The lowest BCUT2D eigenvalue weighted by molar-refractivity contribution is -0.130. The summed E-state index contributed by atoms with van der Waals surface area (Å²) in [6.07, 6.45) is 2.18. The van der Waals surface area contributed by atoms with Crippen LogP contribution in [0.5, 0.6) is 0 Å². The molecule has 0 radical (unpaired) electrons. The van der Waals surface area contributed by atoms with Crippen molar-refractivity contribution in [3.05, 3.63) is 94.2 Å². The third-order valence-electron chi connectivity index (χ3n) is 5.89. The molecule has 1 unspecified atom stereocenters. The Morgan fingerprint density at radius 1 is 1.12 bits per heavy atom. The Hall–Kier alpha value is -3.65. The summed E-state index contributed by atoms with van der Waals surface area (Å²) in [6, 6.07) is 18.8. The van der Waals surface area contributed by atoms with Crippen LogP contribution in [0.3, 0.4) is 0 Å². The average molecular weight is 473 g/mol. The minimum atomic E-state index is -0.308. The van der Waals surface area contributed by atoms with Crippen molar-refractivity contribution in [2.24, 2.45) is 5.10 Å². The largest absolute Gasteiger partial charge is 0.467 e. The second kappa shape index (κ2) is 9.30. The highest BCUT2D eigenvalue weighted by atomic mass is 32.2. The number of aromatic nitrogens is 2. The molecule has 0 spiro atoms. The van der Waals surface area contributed by atoms with Crippen molar-refractivity contribution < 1.29 is 9.21 Å².